The van der Waals surface area contributed by atoms with Gasteiger partial charge in [0.05, 0.1) is 17.2 Å². The predicted octanol–water partition coefficient (Wildman–Crippen LogP) is 2.92. The van der Waals surface area contributed by atoms with Gasteiger partial charge in [-0.05, 0) is 56.9 Å². The number of Topliss-reactive ketones (excluding diaryl/α,β-unsaturated/α-hetero) is 1. The molecule has 2 heterocycles. The minimum Gasteiger partial charge on any atom is -0.507 e. The van der Waals surface area contributed by atoms with Crippen LogP contribution in [-0.4, -0.2) is 63.9 Å². The molecule has 0 bridgehead atoms. The number of aliphatic hydroxyl groups excluding tert-OH is 1. The van der Waals surface area contributed by atoms with Gasteiger partial charge < -0.3 is 20.0 Å². The third-order valence-corrected chi connectivity index (χ3v) is 5.25. The fourth-order valence-corrected chi connectivity index (χ4v) is 3.76. The molecule has 7 nitrogen and oxygen atoms in total. The largest absolute Gasteiger partial charge is 0.507 e. The van der Waals surface area contributed by atoms with Crippen LogP contribution in [0.5, 0.6) is 5.75 Å². The van der Waals surface area contributed by atoms with Crippen molar-refractivity contribution in [2.24, 2.45) is 0 Å². The molecular weight excluding hydrogens is 438 g/mol. The van der Waals surface area contributed by atoms with Crippen molar-refractivity contribution in [3.05, 3.63) is 63.9 Å². The highest BCUT2D eigenvalue weighted by atomic mass is 79.9. The van der Waals surface area contributed by atoms with E-state index in [2.05, 4.69) is 20.9 Å². The van der Waals surface area contributed by atoms with E-state index in [1.807, 2.05) is 19.0 Å². The van der Waals surface area contributed by atoms with Crippen LogP contribution in [0.3, 0.4) is 0 Å². The zero-order valence-electron chi connectivity index (χ0n) is 16.2. The standard InChI is InChI=1S/C21H22BrN3O4/c1-24(2)9-4-10-25-18(13-5-3-8-23-12-13)17(20(28)21(25)29)19(27)15-11-14(22)6-7-16(15)26/h3,5-8,11-12,18,26-27H,4,9-10H2,1-2H3/t18-/m1/s1. The molecule has 1 aliphatic heterocycles. The SMILES string of the molecule is CN(C)CCCN1C(=O)C(=O)C(=C(O)c2cc(Br)ccc2O)[C@H]1c1cccnc1. The number of pyridine rings is 1. The number of hydrogen-bond acceptors (Lipinski definition) is 6. The molecule has 8 heteroatoms. The van der Waals surface area contributed by atoms with Crippen molar-refractivity contribution in [1.82, 2.24) is 14.8 Å². The molecule has 1 aromatic heterocycles. The van der Waals surface area contributed by atoms with Crippen LogP contribution in [0.1, 0.15) is 23.6 Å². The van der Waals surface area contributed by atoms with E-state index in [1.54, 1.807) is 30.6 Å². The average molecular weight is 460 g/mol. The molecule has 1 atom stereocenters. The fourth-order valence-electron chi connectivity index (χ4n) is 3.40. The van der Waals surface area contributed by atoms with Crippen LogP contribution in [0, 0.1) is 0 Å². The number of ketones is 1. The predicted molar refractivity (Wildman–Crippen MR) is 112 cm³/mol. The molecule has 2 aromatic rings. The molecule has 1 saturated heterocycles. The van der Waals surface area contributed by atoms with E-state index >= 15 is 0 Å². The second-order valence-electron chi connectivity index (χ2n) is 7.10. The Morgan fingerprint density at radius 1 is 1.28 bits per heavy atom. The molecular formula is C21H22BrN3O4. The van der Waals surface area contributed by atoms with Crippen molar-refractivity contribution in [2.75, 3.05) is 27.2 Å². The maximum absolute atomic E-state index is 12.9. The Morgan fingerprint density at radius 3 is 2.69 bits per heavy atom. The molecule has 2 N–H and O–H groups in total. The summed E-state index contributed by atoms with van der Waals surface area (Å²) < 4.78 is 0.620. The number of carbonyl (C=O) groups excluding carboxylic acids is 2. The zero-order chi connectivity index (χ0) is 21.1. The minimum absolute atomic E-state index is 0.0544. The molecule has 1 amide bonds. The number of benzene rings is 1. The first-order valence-electron chi connectivity index (χ1n) is 9.13. The van der Waals surface area contributed by atoms with Gasteiger partial charge in [0.25, 0.3) is 11.7 Å². The number of halogens is 1. The van der Waals surface area contributed by atoms with Gasteiger partial charge in [0.2, 0.25) is 0 Å². The van der Waals surface area contributed by atoms with Gasteiger partial charge in [-0.3, -0.25) is 14.6 Å². The lowest BCUT2D eigenvalue weighted by atomic mass is 9.96. The van der Waals surface area contributed by atoms with Crippen molar-refractivity contribution in [3.8, 4) is 5.75 Å². The van der Waals surface area contributed by atoms with Crippen LogP contribution in [0.25, 0.3) is 5.76 Å². The third-order valence-electron chi connectivity index (χ3n) is 4.76. The lowest BCUT2D eigenvalue weighted by molar-refractivity contribution is -0.139. The molecule has 152 valence electrons. The highest BCUT2D eigenvalue weighted by Gasteiger charge is 2.46. The Bertz CT molecular complexity index is 960. The van der Waals surface area contributed by atoms with Crippen molar-refractivity contribution < 1.29 is 19.8 Å². The molecule has 29 heavy (non-hydrogen) atoms. The van der Waals surface area contributed by atoms with Gasteiger partial charge in [-0.15, -0.1) is 0 Å². The summed E-state index contributed by atoms with van der Waals surface area (Å²) in [6, 6.07) is 7.23. The van der Waals surface area contributed by atoms with Gasteiger partial charge in [-0.25, -0.2) is 0 Å². The van der Waals surface area contributed by atoms with E-state index in [4.69, 9.17) is 0 Å². The average Bonchev–Trinajstić information content (AvgIpc) is 2.94. The summed E-state index contributed by atoms with van der Waals surface area (Å²) in [5, 5.41) is 21.1. The summed E-state index contributed by atoms with van der Waals surface area (Å²) in [4.78, 5) is 33.2. The van der Waals surface area contributed by atoms with Crippen molar-refractivity contribution in [3.63, 3.8) is 0 Å². The molecule has 0 spiro atoms. The highest BCUT2D eigenvalue weighted by molar-refractivity contribution is 9.10. The molecule has 0 saturated carbocycles. The van der Waals surface area contributed by atoms with Crippen molar-refractivity contribution in [1.29, 1.82) is 0 Å². The second-order valence-corrected chi connectivity index (χ2v) is 8.01. The maximum atomic E-state index is 12.9. The molecule has 0 unspecified atom stereocenters. The fraction of sp³-hybridized carbons (Fsp3) is 0.286. The van der Waals surface area contributed by atoms with E-state index in [0.29, 0.717) is 23.0 Å². The van der Waals surface area contributed by atoms with Crippen LogP contribution in [0.15, 0.2) is 52.8 Å². The summed E-state index contributed by atoms with van der Waals surface area (Å²) in [5.41, 5.74) is 0.647. The molecule has 1 aliphatic rings. The van der Waals surface area contributed by atoms with Gasteiger partial charge in [0.1, 0.15) is 11.5 Å². The van der Waals surface area contributed by atoms with Gasteiger partial charge in [0, 0.05) is 23.4 Å². The number of amides is 1. The number of nitrogens with zero attached hydrogens (tertiary/aromatic N) is 3. The van der Waals surface area contributed by atoms with E-state index in [-0.39, 0.29) is 16.9 Å². The van der Waals surface area contributed by atoms with Crippen LogP contribution in [0.4, 0.5) is 0 Å². The van der Waals surface area contributed by atoms with Crippen LogP contribution in [0.2, 0.25) is 0 Å². The monoisotopic (exact) mass is 459 g/mol. The first-order chi connectivity index (χ1) is 13.8. The van der Waals surface area contributed by atoms with E-state index < -0.39 is 23.5 Å². The first-order valence-corrected chi connectivity index (χ1v) is 9.92. The molecule has 1 aromatic carbocycles. The number of aromatic hydroxyl groups is 1. The number of likely N-dealkylation sites (tertiary alicyclic amines) is 1. The van der Waals surface area contributed by atoms with Crippen LogP contribution >= 0.6 is 15.9 Å². The summed E-state index contributed by atoms with van der Waals surface area (Å²) in [5.74, 6) is -2.05. The minimum atomic E-state index is -0.777. The van der Waals surface area contributed by atoms with E-state index in [1.165, 1.54) is 17.0 Å². The summed E-state index contributed by atoms with van der Waals surface area (Å²) in [7, 11) is 3.87. The Labute approximate surface area is 177 Å². The van der Waals surface area contributed by atoms with Gasteiger partial charge in [-0.1, -0.05) is 22.0 Å². The molecule has 1 fully saturated rings. The van der Waals surface area contributed by atoms with Crippen LogP contribution < -0.4 is 0 Å². The molecule has 0 aliphatic carbocycles. The third kappa shape index (κ3) is 4.33. The lowest BCUT2D eigenvalue weighted by Crippen LogP contribution is -2.32. The highest BCUT2D eigenvalue weighted by Crippen LogP contribution is 2.41. The van der Waals surface area contributed by atoms with Gasteiger partial charge in [-0.2, -0.15) is 0 Å². The zero-order valence-corrected chi connectivity index (χ0v) is 17.8. The van der Waals surface area contributed by atoms with Crippen molar-refractivity contribution >= 4 is 33.4 Å². The Morgan fingerprint density at radius 2 is 2.03 bits per heavy atom. The summed E-state index contributed by atoms with van der Waals surface area (Å²) in [6.07, 6.45) is 3.84. The maximum Gasteiger partial charge on any atom is 0.295 e. The second kappa shape index (κ2) is 8.75. The van der Waals surface area contributed by atoms with E-state index in [9.17, 15) is 19.8 Å². The Kier molecular flexibility index (Phi) is 6.34. The Balaban J connectivity index is 2.12. The van der Waals surface area contributed by atoms with Gasteiger partial charge in [0.15, 0.2) is 0 Å². The topological polar surface area (TPSA) is 94.0 Å². The number of phenols is 1. The molecule has 3 rings (SSSR count). The summed E-state index contributed by atoms with van der Waals surface area (Å²) in [6.45, 7) is 1.10. The normalized spacial score (nSPS) is 18.6. The smallest absolute Gasteiger partial charge is 0.295 e. The Hall–Kier alpha value is -2.71. The first kappa shape index (κ1) is 21.0. The van der Waals surface area contributed by atoms with Gasteiger partial charge >= 0.3 is 0 Å². The number of hydrogen-bond donors (Lipinski definition) is 2. The number of rotatable bonds is 6. The number of aromatic nitrogens is 1. The number of carbonyl (C=O) groups is 2. The number of phenolic OH excluding ortho intramolecular Hbond substituents is 1. The van der Waals surface area contributed by atoms with Crippen LogP contribution in [-0.2, 0) is 9.59 Å². The quantitative estimate of drug-likeness (QED) is 0.391. The van der Waals surface area contributed by atoms with Crippen molar-refractivity contribution in [2.45, 2.75) is 12.5 Å². The summed E-state index contributed by atoms with van der Waals surface area (Å²) >= 11 is 3.30. The lowest BCUT2D eigenvalue weighted by Gasteiger charge is -2.25. The van der Waals surface area contributed by atoms with E-state index in [0.717, 1.165) is 6.54 Å². The molecule has 0 radical (unpaired) electrons. The number of aliphatic hydroxyl groups is 1.